The van der Waals surface area contributed by atoms with E-state index in [1.807, 2.05) is 6.92 Å². The van der Waals surface area contributed by atoms with Gasteiger partial charge in [0, 0.05) is 32.0 Å². The summed E-state index contributed by atoms with van der Waals surface area (Å²) >= 11 is 0. The molecule has 2 aliphatic heterocycles. The highest BCUT2D eigenvalue weighted by Gasteiger charge is 2.46. The summed E-state index contributed by atoms with van der Waals surface area (Å²) in [5, 5.41) is 0. The molecule has 0 aliphatic carbocycles. The maximum absolute atomic E-state index is 14.2. The third-order valence-electron chi connectivity index (χ3n) is 4.93. The first kappa shape index (κ1) is 22.0. The van der Waals surface area contributed by atoms with Gasteiger partial charge in [0.2, 0.25) is 11.8 Å². The molecule has 166 valence electrons. The third-order valence-corrected chi connectivity index (χ3v) is 4.93. The number of pyridine rings is 1. The van der Waals surface area contributed by atoms with Crippen LogP contribution >= 0.6 is 0 Å². The van der Waals surface area contributed by atoms with Crippen molar-refractivity contribution in [1.82, 2.24) is 14.8 Å². The van der Waals surface area contributed by atoms with Crippen LogP contribution in [-0.4, -0.2) is 64.7 Å². The highest BCUT2D eigenvalue weighted by Crippen LogP contribution is 2.32. The van der Waals surface area contributed by atoms with Crippen LogP contribution in [0.15, 0.2) is 18.3 Å². The van der Waals surface area contributed by atoms with Crippen molar-refractivity contribution in [2.45, 2.75) is 44.5 Å². The zero-order chi connectivity index (χ0) is 22.1. The maximum Gasteiger partial charge on any atom is 0.573 e. The monoisotopic (exact) mass is 437 g/mol. The molecule has 0 spiro atoms. The lowest BCUT2D eigenvalue weighted by atomic mass is 9.94. The second kappa shape index (κ2) is 8.23. The van der Waals surface area contributed by atoms with Gasteiger partial charge in [-0.15, -0.1) is 13.2 Å². The van der Waals surface area contributed by atoms with Crippen molar-refractivity contribution in [3.63, 3.8) is 0 Å². The number of halogens is 5. The Labute approximate surface area is 168 Å². The molecule has 0 bridgehead atoms. The van der Waals surface area contributed by atoms with Gasteiger partial charge in [0.25, 0.3) is 5.92 Å². The van der Waals surface area contributed by atoms with Crippen LogP contribution in [0, 0.1) is 5.92 Å². The van der Waals surface area contributed by atoms with Crippen LogP contribution in [0.5, 0.6) is 11.6 Å². The zero-order valence-corrected chi connectivity index (χ0v) is 16.0. The number of piperidine rings is 2. The van der Waals surface area contributed by atoms with Crippen LogP contribution in [0.4, 0.5) is 26.7 Å². The molecule has 2 amide bonds. The lowest BCUT2D eigenvalue weighted by Crippen LogP contribution is -2.59. The number of carbonyl (C=O) groups excluding carboxylic acids is 2. The number of rotatable bonds is 3. The number of nitrogens with zero attached hydrogens (tertiary/aromatic N) is 3. The van der Waals surface area contributed by atoms with Crippen LogP contribution in [0.2, 0.25) is 0 Å². The maximum atomic E-state index is 14.2. The Morgan fingerprint density at radius 2 is 2.03 bits per heavy atom. The lowest BCUT2D eigenvalue weighted by molar-refractivity contribution is -0.274. The number of carbonyl (C=O) groups is 2. The fourth-order valence-electron chi connectivity index (χ4n) is 3.58. The van der Waals surface area contributed by atoms with E-state index in [1.165, 1.54) is 4.90 Å². The Kier molecular flexibility index (Phi) is 6.04. The van der Waals surface area contributed by atoms with Gasteiger partial charge in [-0.25, -0.2) is 18.6 Å². The molecule has 1 aromatic heterocycles. The van der Waals surface area contributed by atoms with Gasteiger partial charge in [-0.3, -0.25) is 9.69 Å². The van der Waals surface area contributed by atoms with E-state index in [0.717, 1.165) is 17.0 Å². The van der Waals surface area contributed by atoms with Crippen molar-refractivity contribution in [3.05, 3.63) is 18.3 Å². The highest BCUT2D eigenvalue weighted by molar-refractivity contribution is 5.78. The number of amides is 2. The molecule has 0 N–H and O–H groups in total. The standard InChI is InChI=1S/C18H20F5N3O4/c1-11-4-5-26(15(27)6-11)12-7-17(19,20)10-25(9-12)16(28)29-14-3-2-13(8-24-14)30-18(21,22)23/h2-3,8,11-12H,4-7,9-10H2,1H3/t11?,12-/m1/s1. The summed E-state index contributed by atoms with van der Waals surface area (Å²) in [6, 6.07) is 0.982. The van der Waals surface area contributed by atoms with Crippen molar-refractivity contribution in [2.24, 2.45) is 5.92 Å². The average molecular weight is 437 g/mol. The minimum absolute atomic E-state index is 0.135. The van der Waals surface area contributed by atoms with Crippen molar-refractivity contribution < 1.29 is 41.0 Å². The zero-order valence-electron chi connectivity index (χ0n) is 16.0. The minimum atomic E-state index is -4.90. The van der Waals surface area contributed by atoms with E-state index in [-0.39, 0.29) is 30.7 Å². The fraction of sp³-hybridized carbons (Fsp3) is 0.611. The SMILES string of the molecule is CC1CCN([C@H]2CN(C(=O)Oc3ccc(OC(F)(F)F)cn3)CC(F)(F)C2)C(=O)C1. The number of likely N-dealkylation sites (tertiary alicyclic amines) is 2. The first-order valence-electron chi connectivity index (χ1n) is 9.28. The normalized spacial score (nSPS) is 24.5. The molecule has 3 heterocycles. The summed E-state index contributed by atoms with van der Waals surface area (Å²) in [5.74, 6) is -4.27. The Hall–Kier alpha value is -2.66. The van der Waals surface area contributed by atoms with Crippen LogP contribution < -0.4 is 9.47 Å². The van der Waals surface area contributed by atoms with Crippen molar-refractivity contribution in [2.75, 3.05) is 19.6 Å². The Bertz CT molecular complexity index is 787. The summed E-state index contributed by atoms with van der Waals surface area (Å²) in [6.07, 6.45) is -4.94. The van der Waals surface area contributed by atoms with Crippen molar-refractivity contribution in [3.8, 4) is 11.6 Å². The molecule has 1 unspecified atom stereocenters. The predicted molar refractivity (Wildman–Crippen MR) is 92.0 cm³/mol. The van der Waals surface area contributed by atoms with Crippen LogP contribution in [0.25, 0.3) is 0 Å². The molecule has 3 rings (SSSR count). The summed E-state index contributed by atoms with van der Waals surface area (Å²) < 4.78 is 73.6. The number of hydrogen-bond acceptors (Lipinski definition) is 5. The Morgan fingerprint density at radius 1 is 1.30 bits per heavy atom. The second-order valence-corrected chi connectivity index (χ2v) is 7.53. The Morgan fingerprint density at radius 3 is 2.63 bits per heavy atom. The van der Waals surface area contributed by atoms with E-state index < -0.39 is 43.1 Å². The minimum Gasteiger partial charge on any atom is -0.404 e. The van der Waals surface area contributed by atoms with E-state index in [1.54, 1.807) is 0 Å². The molecule has 2 atom stereocenters. The van der Waals surface area contributed by atoms with Crippen LogP contribution in [0.1, 0.15) is 26.2 Å². The van der Waals surface area contributed by atoms with E-state index in [2.05, 4.69) is 9.72 Å². The number of alkyl halides is 5. The average Bonchev–Trinajstić information content (AvgIpc) is 2.60. The van der Waals surface area contributed by atoms with Crippen LogP contribution in [-0.2, 0) is 4.79 Å². The van der Waals surface area contributed by atoms with Gasteiger partial charge < -0.3 is 14.4 Å². The first-order chi connectivity index (χ1) is 13.9. The molecule has 0 aromatic carbocycles. The highest BCUT2D eigenvalue weighted by atomic mass is 19.4. The molecular formula is C18H20F5N3O4. The molecule has 7 nitrogen and oxygen atoms in total. The Balaban J connectivity index is 1.65. The molecule has 2 fully saturated rings. The van der Waals surface area contributed by atoms with Gasteiger partial charge in [-0.05, 0) is 18.4 Å². The molecular weight excluding hydrogens is 417 g/mol. The largest absolute Gasteiger partial charge is 0.573 e. The first-order valence-corrected chi connectivity index (χ1v) is 9.28. The molecule has 1 aromatic rings. The van der Waals surface area contributed by atoms with Crippen LogP contribution in [0.3, 0.4) is 0 Å². The molecule has 0 radical (unpaired) electrons. The molecule has 2 saturated heterocycles. The topological polar surface area (TPSA) is 72.0 Å². The fourth-order valence-corrected chi connectivity index (χ4v) is 3.58. The van der Waals surface area contributed by atoms with E-state index in [9.17, 15) is 31.5 Å². The second-order valence-electron chi connectivity index (χ2n) is 7.53. The number of aromatic nitrogens is 1. The van der Waals surface area contributed by atoms with Gasteiger partial charge in [0.15, 0.2) is 0 Å². The van der Waals surface area contributed by atoms with Gasteiger partial charge in [0.1, 0.15) is 5.75 Å². The lowest BCUT2D eigenvalue weighted by Gasteiger charge is -2.43. The number of ether oxygens (including phenoxy) is 2. The van der Waals surface area contributed by atoms with E-state index >= 15 is 0 Å². The van der Waals surface area contributed by atoms with E-state index in [0.29, 0.717) is 19.2 Å². The van der Waals surface area contributed by atoms with Gasteiger partial charge in [-0.1, -0.05) is 6.92 Å². The molecule has 30 heavy (non-hydrogen) atoms. The summed E-state index contributed by atoms with van der Waals surface area (Å²) in [7, 11) is 0. The van der Waals surface area contributed by atoms with Gasteiger partial charge in [0.05, 0.1) is 18.8 Å². The summed E-state index contributed by atoms with van der Waals surface area (Å²) in [6.45, 7) is 1.22. The summed E-state index contributed by atoms with van der Waals surface area (Å²) in [4.78, 5) is 30.3. The van der Waals surface area contributed by atoms with Crippen molar-refractivity contribution in [1.29, 1.82) is 0 Å². The molecule has 12 heteroatoms. The molecule has 0 saturated carbocycles. The molecule has 2 aliphatic rings. The predicted octanol–water partition coefficient (Wildman–Crippen LogP) is 3.45. The quantitative estimate of drug-likeness (QED) is 0.678. The van der Waals surface area contributed by atoms with Gasteiger partial charge >= 0.3 is 12.5 Å². The van der Waals surface area contributed by atoms with Gasteiger partial charge in [-0.2, -0.15) is 0 Å². The smallest absolute Gasteiger partial charge is 0.404 e. The van der Waals surface area contributed by atoms with Crippen molar-refractivity contribution >= 4 is 12.0 Å². The summed E-state index contributed by atoms with van der Waals surface area (Å²) in [5.41, 5.74) is 0. The third kappa shape index (κ3) is 5.70. The van der Waals surface area contributed by atoms with E-state index in [4.69, 9.17) is 4.74 Å². The number of hydrogen-bond donors (Lipinski definition) is 0.